The predicted octanol–water partition coefficient (Wildman–Crippen LogP) is 3.18. The molecule has 2 aromatic rings. The van der Waals surface area contributed by atoms with E-state index in [4.69, 9.17) is 0 Å². The smallest absolute Gasteiger partial charge is 0.123 e. The lowest BCUT2D eigenvalue weighted by Crippen LogP contribution is -2.06. The van der Waals surface area contributed by atoms with E-state index in [0.29, 0.717) is 5.56 Å². The fourth-order valence-electron chi connectivity index (χ4n) is 2.67. The van der Waals surface area contributed by atoms with Gasteiger partial charge in [-0.05, 0) is 42.2 Å². The topological polar surface area (TPSA) is 32.3 Å². The molecule has 0 saturated heterocycles. The molecule has 3 heteroatoms. The second-order valence-electron chi connectivity index (χ2n) is 4.96. The van der Waals surface area contributed by atoms with E-state index < -0.39 is 6.10 Å². The summed E-state index contributed by atoms with van der Waals surface area (Å²) in [5.74, 6) is -0.319. The molecule has 0 aliphatic carbocycles. The molecule has 19 heavy (non-hydrogen) atoms. The number of fused-ring (bicyclic) bond motifs is 1. The fourth-order valence-corrected chi connectivity index (χ4v) is 2.67. The minimum Gasteiger partial charge on any atom is -0.384 e. The van der Waals surface area contributed by atoms with Crippen LogP contribution in [0.1, 0.15) is 28.4 Å². The number of benzene rings is 2. The molecular weight excluding hydrogens is 241 g/mol. The van der Waals surface area contributed by atoms with Crippen molar-refractivity contribution in [1.29, 1.82) is 0 Å². The average molecular weight is 257 g/mol. The lowest BCUT2D eigenvalue weighted by atomic mass is 9.95. The summed E-state index contributed by atoms with van der Waals surface area (Å²) in [6.07, 6.45) is 0.175. The van der Waals surface area contributed by atoms with Gasteiger partial charge in [0.05, 0.1) is 0 Å². The zero-order chi connectivity index (χ0) is 13.4. The zero-order valence-electron chi connectivity index (χ0n) is 10.8. The summed E-state index contributed by atoms with van der Waals surface area (Å²) < 4.78 is 13.4. The molecule has 2 nitrogen and oxygen atoms in total. The number of rotatable bonds is 2. The first-order valence-electron chi connectivity index (χ1n) is 6.46. The Labute approximate surface area is 111 Å². The molecule has 1 unspecified atom stereocenters. The van der Waals surface area contributed by atoms with Crippen molar-refractivity contribution in [1.82, 2.24) is 0 Å². The van der Waals surface area contributed by atoms with Crippen LogP contribution in [-0.4, -0.2) is 11.7 Å². The number of nitrogens with one attached hydrogen (secondary N) is 1. The number of aliphatic hydroxyl groups is 1. The molecule has 1 heterocycles. The van der Waals surface area contributed by atoms with Gasteiger partial charge >= 0.3 is 0 Å². The van der Waals surface area contributed by atoms with Gasteiger partial charge in [-0.25, -0.2) is 4.39 Å². The van der Waals surface area contributed by atoms with Gasteiger partial charge in [0, 0.05) is 17.8 Å². The highest BCUT2D eigenvalue weighted by molar-refractivity contribution is 5.63. The summed E-state index contributed by atoms with van der Waals surface area (Å²) in [6.45, 7) is 2.77. The highest BCUT2D eigenvalue weighted by Gasteiger charge is 2.21. The molecule has 1 aliphatic rings. The van der Waals surface area contributed by atoms with E-state index in [1.807, 2.05) is 19.1 Å². The molecule has 0 bridgehead atoms. The Balaban J connectivity index is 2.07. The van der Waals surface area contributed by atoms with Crippen LogP contribution in [0.25, 0.3) is 0 Å². The number of para-hydroxylation sites is 1. The fraction of sp³-hybridized carbons (Fsp3) is 0.250. The molecular formula is C16H16FNO. The van der Waals surface area contributed by atoms with E-state index in [0.717, 1.165) is 29.8 Å². The number of aryl methyl sites for hydroxylation is 1. The van der Waals surface area contributed by atoms with Crippen LogP contribution in [0.3, 0.4) is 0 Å². The molecule has 0 spiro atoms. The monoisotopic (exact) mass is 257 g/mol. The van der Waals surface area contributed by atoms with Crippen LogP contribution in [0, 0.1) is 12.7 Å². The molecule has 0 aromatic heterocycles. The van der Waals surface area contributed by atoms with E-state index >= 15 is 0 Å². The van der Waals surface area contributed by atoms with Gasteiger partial charge in [-0.2, -0.15) is 0 Å². The van der Waals surface area contributed by atoms with Gasteiger partial charge in [0.15, 0.2) is 0 Å². The second-order valence-corrected chi connectivity index (χ2v) is 4.96. The van der Waals surface area contributed by atoms with Crippen molar-refractivity contribution >= 4 is 5.69 Å². The van der Waals surface area contributed by atoms with E-state index in [-0.39, 0.29) is 5.82 Å². The normalized spacial score (nSPS) is 14.9. The standard InChI is InChI=1S/C16H16FNO/c1-10-5-6-12(17)9-14(10)16(19)13-4-2-3-11-7-8-18-15(11)13/h2-6,9,16,18-19H,7-8H2,1H3. The van der Waals surface area contributed by atoms with Crippen molar-refractivity contribution in [2.24, 2.45) is 0 Å². The predicted molar refractivity (Wildman–Crippen MR) is 73.8 cm³/mol. The molecule has 98 valence electrons. The first kappa shape index (κ1) is 12.2. The zero-order valence-corrected chi connectivity index (χ0v) is 10.8. The number of hydrogen-bond acceptors (Lipinski definition) is 2. The SMILES string of the molecule is Cc1ccc(F)cc1C(O)c1cccc2c1NCC2. The van der Waals surface area contributed by atoms with Crippen molar-refractivity contribution < 1.29 is 9.50 Å². The van der Waals surface area contributed by atoms with Gasteiger partial charge in [0.1, 0.15) is 11.9 Å². The molecule has 1 aliphatic heterocycles. The minimum absolute atomic E-state index is 0.319. The number of halogens is 1. The van der Waals surface area contributed by atoms with Crippen LogP contribution in [0.2, 0.25) is 0 Å². The molecule has 0 fully saturated rings. The maximum absolute atomic E-state index is 13.4. The third kappa shape index (κ3) is 2.10. The first-order valence-corrected chi connectivity index (χ1v) is 6.46. The number of anilines is 1. The summed E-state index contributed by atoms with van der Waals surface area (Å²) in [5, 5.41) is 13.9. The molecule has 2 aromatic carbocycles. The average Bonchev–Trinajstić information content (AvgIpc) is 2.89. The second kappa shape index (κ2) is 4.67. The van der Waals surface area contributed by atoms with E-state index in [9.17, 15) is 9.50 Å². The molecule has 0 saturated carbocycles. The van der Waals surface area contributed by atoms with Gasteiger partial charge in [-0.15, -0.1) is 0 Å². The largest absolute Gasteiger partial charge is 0.384 e. The quantitative estimate of drug-likeness (QED) is 0.866. The highest BCUT2D eigenvalue weighted by Crippen LogP contribution is 2.35. The van der Waals surface area contributed by atoms with E-state index in [1.165, 1.54) is 17.7 Å². The molecule has 1 atom stereocenters. The molecule has 0 amide bonds. The summed E-state index contributed by atoms with van der Waals surface area (Å²) in [6, 6.07) is 10.4. The van der Waals surface area contributed by atoms with Crippen LogP contribution >= 0.6 is 0 Å². The number of aliphatic hydroxyl groups excluding tert-OH is 1. The van der Waals surface area contributed by atoms with Crippen LogP contribution in [0.15, 0.2) is 36.4 Å². The van der Waals surface area contributed by atoms with Crippen LogP contribution in [0.4, 0.5) is 10.1 Å². The molecule has 0 radical (unpaired) electrons. The van der Waals surface area contributed by atoms with Gasteiger partial charge < -0.3 is 10.4 Å². The lowest BCUT2D eigenvalue weighted by molar-refractivity contribution is 0.219. The van der Waals surface area contributed by atoms with Crippen LogP contribution in [0.5, 0.6) is 0 Å². The van der Waals surface area contributed by atoms with Crippen molar-refractivity contribution in [3.8, 4) is 0 Å². The Morgan fingerprint density at radius 3 is 2.89 bits per heavy atom. The maximum Gasteiger partial charge on any atom is 0.123 e. The Morgan fingerprint density at radius 1 is 1.21 bits per heavy atom. The summed E-state index contributed by atoms with van der Waals surface area (Å²) in [4.78, 5) is 0. The lowest BCUT2D eigenvalue weighted by Gasteiger charge is -2.17. The Kier molecular flexibility index (Phi) is 2.99. The van der Waals surface area contributed by atoms with Gasteiger partial charge in [0.25, 0.3) is 0 Å². The maximum atomic E-state index is 13.4. The van der Waals surface area contributed by atoms with Gasteiger partial charge in [0.2, 0.25) is 0 Å². The first-order chi connectivity index (χ1) is 9.16. The van der Waals surface area contributed by atoms with Crippen molar-refractivity contribution in [2.75, 3.05) is 11.9 Å². The van der Waals surface area contributed by atoms with Crippen molar-refractivity contribution in [3.05, 3.63) is 64.5 Å². The summed E-state index contributed by atoms with van der Waals surface area (Å²) >= 11 is 0. The summed E-state index contributed by atoms with van der Waals surface area (Å²) in [7, 11) is 0. The molecule has 2 N–H and O–H groups in total. The Hall–Kier alpha value is -1.87. The number of hydrogen-bond donors (Lipinski definition) is 2. The summed E-state index contributed by atoms with van der Waals surface area (Å²) in [5.41, 5.74) is 4.56. The van der Waals surface area contributed by atoms with Crippen LogP contribution < -0.4 is 5.32 Å². The Morgan fingerprint density at radius 2 is 2.05 bits per heavy atom. The third-order valence-corrected chi connectivity index (χ3v) is 3.71. The van der Waals surface area contributed by atoms with E-state index in [2.05, 4.69) is 11.4 Å². The van der Waals surface area contributed by atoms with Crippen LogP contribution in [-0.2, 0) is 6.42 Å². The highest BCUT2D eigenvalue weighted by atomic mass is 19.1. The minimum atomic E-state index is -0.795. The third-order valence-electron chi connectivity index (χ3n) is 3.71. The van der Waals surface area contributed by atoms with Crippen molar-refractivity contribution in [3.63, 3.8) is 0 Å². The Bertz CT molecular complexity index is 624. The molecule has 3 rings (SSSR count). The van der Waals surface area contributed by atoms with Crippen molar-refractivity contribution in [2.45, 2.75) is 19.4 Å². The van der Waals surface area contributed by atoms with E-state index in [1.54, 1.807) is 6.07 Å². The van der Waals surface area contributed by atoms with Gasteiger partial charge in [-0.1, -0.05) is 24.3 Å². The van der Waals surface area contributed by atoms with Gasteiger partial charge in [-0.3, -0.25) is 0 Å².